The Morgan fingerprint density at radius 2 is 1.92 bits per heavy atom. The van der Waals surface area contributed by atoms with Crippen LogP contribution in [0.15, 0.2) is 35.3 Å². The van der Waals surface area contributed by atoms with E-state index in [9.17, 15) is 4.79 Å². The average molecular weight is 361 g/mol. The fourth-order valence-corrected chi connectivity index (χ4v) is 3.09. The molecule has 26 heavy (non-hydrogen) atoms. The van der Waals surface area contributed by atoms with Crippen molar-refractivity contribution < 1.29 is 9.53 Å². The van der Waals surface area contributed by atoms with Gasteiger partial charge < -0.3 is 20.3 Å². The fourth-order valence-electron chi connectivity index (χ4n) is 3.09. The van der Waals surface area contributed by atoms with Crippen molar-refractivity contribution in [3.8, 4) is 0 Å². The van der Waals surface area contributed by atoms with Crippen LogP contribution in [0.3, 0.4) is 0 Å². The van der Waals surface area contributed by atoms with Gasteiger partial charge in [0.2, 0.25) is 5.91 Å². The molecule has 1 aromatic carbocycles. The first-order valence-electron chi connectivity index (χ1n) is 9.68. The zero-order valence-corrected chi connectivity index (χ0v) is 16.0. The zero-order chi connectivity index (χ0) is 18.6. The Kier molecular flexibility index (Phi) is 8.96. The van der Waals surface area contributed by atoms with Crippen LogP contribution in [-0.2, 0) is 16.0 Å². The summed E-state index contributed by atoms with van der Waals surface area (Å²) in [6.07, 6.45) is 3.19. The first-order valence-corrected chi connectivity index (χ1v) is 9.68. The van der Waals surface area contributed by atoms with E-state index in [1.54, 1.807) is 0 Å². The van der Waals surface area contributed by atoms with Crippen LogP contribution in [0.4, 0.5) is 0 Å². The molecule has 1 aromatic rings. The number of likely N-dealkylation sites (tertiary alicyclic amines) is 1. The van der Waals surface area contributed by atoms with Crippen molar-refractivity contribution in [1.82, 2.24) is 15.5 Å². The Balaban J connectivity index is 1.76. The third-order valence-corrected chi connectivity index (χ3v) is 4.43. The molecule has 1 aliphatic heterocycles. The predicted octanol–water partition coefficient (Wildman–Crippen LogP) is 1.81. The summed E-state index contributed by atoms with van der Waals surface area (Å²) in [5.41, 5.74) is 1.22. The van der Waals surface area contributed by atoms with E-state index in [1.807, 2.05) is 32.0 Å². The van der Waals surface area contributed by atoms with Gasteiger partial charge in [0.1, 0.15) is 6.54 Å². The number of nitrogens with zero attached hydrogens (tertiary/aromatic N) is 2. The minimum Gasteiger partial charge on any atom is -0.378 e. The molecule has 1 heterocycles. The number of nitrogens with one attached hydrogen (secondary N) is 2. The number of benzene rings is 1. The molecular weight excluding hydrogens is 328 g/mol. The summed E-state index contributed by atoms with van der Waals surface area (Å²) in [6, 6.07) is 10.2. The van der Waals surface area contributed by atoms with Gasteiger partial charge in [0.05, 0.1) is 6.10 Å². The smallest absolute Gasteiger partial charge is 0.241 e. The minimum absolute atomic E-state index is 0.0412. The van der Waals surface area contributed by atoms with E-state index in [0.29, 0.717) is 12.6 Å². The van der Waals surface area contributed by atoms with E-state index in [1.165, 1.54) is 5.56 Å². The number of piperidine rings is 1. The van der Waals surface area contributed by atoms with Gasteiger partial charge in [0.25, 0.3) is 0 Å². The van der Waals surface area contributed by atoms with E-state index in [4.69, 9.17) is 4.74 Å². The maximum Gasteiger partial charge on any atom is 0.241 e. The monoisotopic (exact) mass is 360 g/mol. The van der Waals surface area contributed by atoms with E-state index >= 15 is 0 Å². The molecule has 1 amide bonds. The lowest BCUT2D eigenvalue weighted by molar-refractivity contribution is -0.119. The van der Waals surface area contributed by atoms with Crippen molar-refractivity contribution in [1.29, 1.82) is 0 Å². The summed E-state index contributed by atoms with van der Waals surface area (Å²) >= 11 is 0. The van der Waals surface area contributed by atoms with Crippen LogP contribution in [0.5, 0.6) is 0 Å². The number of hydrogen-bond donors (Lipinski definition) is 2. The Labute approximate surface area is 157 Å². The van der Waals surface area contributed by atoms with E-state index in [-0.39, 0.29) is 12.5 Å². The maximum atomic E-state index is 12.1. The molecule has 0 saturated carbocycles. The summed E-state index contributed by atoms with van der Waals surface area (Å²) in [7, 11) is 0. The Hall–Kier alpha value is -2.08. The van der Waals surface area contributed by atoms with Crippen LogP contribution in [0, 0.1) is 0 Å². The largest absolute Gasteiger partial charge is 0.378 e. The Morgan fingerprint density at radius 3 is 2.58 bits per heavy atom. The number of carbonyl (C=O) groups excluding carboxylic acids is 1. The maximum absolute atomic E-state index is 12.1. The fraction of sp³-hybridized carbons (Fsp3) is 0.600. The lowest BCUT2D eigenvalue weighted by Crippen LogP contribution is -2.47. The van der Waals surface area contributed by atoms with Crippen molar-refractivity contribution in [3.63, 3.8) is 0 Å². The molecule has 2 N–H and O–H groups in total. The van der Waals surface area contributed by atoms with Gasteiger partial charge in [-0.25, -0.2) is 4.99 Å². The third kappa shape index (κ3) is 7.04. The molecule has 0 spiro atoms. The van der Waals surface area contributed by atoms with E-state index < -0.39 is 0 Å². The van der Waals surface area contributed by atoms with Crippen LogP contribution >= 0.6 is 0 Å². The van der Waals surface area contributed by atoms with Gasteiger partial charge in [-0.2, -0.15) is 0 Å². The average Bonchev–Trinajstić information content (AvgIpc) is 2.67. The highest BCUT2D eigenvalue weighted by Crippen LogP contribution is 2.13. The van der Waals surface area contributed by atoms with Crippen molar-refractivity contribution in [3.05, 3.63) is 35.9 Å². The van der Waals surface area contributed by atoms with Crippen molar-refractivity contribution >= 4 is 11.9 Å². The molecule has 2 rings (SSSR count). The number of ether oxygens (including phenoxy) is 1. The molecular formula is C20H32N4O2. The molecule has 1 aliphatic rings. The SMILES string of the molecule is CCNC(=NCC(=O)NCCc1ccccc1)N1CCC(OCC)CC1. The second-order valence-electron chi connectivity index (χ2n) is 6.40. The number of guanidine groups is 1. The number of amides is 1. The number of aliphatic imine (C=N–C) groups is 1. The highest BCUT2D eigenvalue weighted by atomic mass is 16.5. The first kappa shape index (κ1) is 20.2. The molecule has 144 valence electrons. The number of hydrogen-bond acceptors (Lipinski definition) is 3. The number of carbonyl (C=O) groups is 1. The molecule has 0 atom stereocenters. The Morgan fingerprint density at radius 1 is 1.19 bits per heavy atom. The molecule has 6 nitrogen and oxygen atoms in total. The van der Waals surface area contributed by atoms with Crippen molar-refractivity contribution in [2.75, 3.05) is 39.3 Å². The molecule has 0 bridgehead atoms. The van der Waals surface area contributed by atoms with Gasteiger partial charge in [0.15, 0.2) is 5.96 Å². The summed E-state index contributed by atoms with van der Waals surface area (Å²) in [5.74, 6) is 0.779. The third-order valence-electron chi connectivity index (χ3n) is 4.43. The van der Waals surface area contributed by atoms with Gasteiger partial charge >= 0.3 is 0 Å². The van der Waals surface area contributed by atoms with Crippen LogP contribution < -0.4 is 10.6 Å². The lowest BCUT2D eigenvalue weighted by Gasteiger charge is -2.34. The number of rotatable bonds is 8. The quantitative estimate of drug-likeness (QED) is 0.548. The molecule has 6 heteroatoms. The summed E-state index contributed by atoms with van der Waals surface area (Å²) in [5, 5.41) is 6.23. The second-order valence-corrected chi connectivity index (χ2v) is 6.40. The van der Waals surface area contributed by atoms with E-state index in [2.05, 4.69) is 32.7 Å². The highest BCUT2D eigenvalue weighted by Gasteiger charge is 2.21. The van der Waals surface area contributed by atoms with Gasteiger partial charge in [0, 0.05) is 32.8 Å². The zero-order valence-electron chi connectivity index (χ0n) is 16.0. The van der Waals surface area contributed by atoms with Crippen molar-refractivity contribution in [2.24, 2.45) is 4.99 Å². The second kappa shape index (κ2) is 11.5. The minimum atomic E-state index is -0.0412. The molecule has 0 aromatic heterocycles. The van der Waals surface area contributed by atoms with Gasteiger partial charge in [-0.1, -0.05) is 30.3 Å². The molecule has 0 unspecified atom stereocenters. The Bertz CT molecular complexity index is 554. The molecule has 0 aliphatic carbocycles. The van der Waals surface area contributed by atoms with Crippen LogP contribution in [0.1, 0.15) is 32.3 Å². The van der Waals surface area contributed by atoms with Crippen LogP contribution in [0.2, 0.25) is 0 Å². The van der Waals surface area contributed by atoms with Gasteiger partial charge in [-0.05, 0) is 38.7 Å². The summed E-state index contributed by atoms with van der Waals surface area (Å²) < 4.78 is 5.70. The standard InChI is InChI=1S/C20H32N4O2/c1-3-21-20(24-14-11-18(12-15-24)26-4-2)23-16-19(25)22-13-10-17-8-6-5-7-9-17/h5-9,18H,3-4,10-16H2,1-2H3,(H,21,23)(H,22,25). The lowest BCUT2D eigenvalue weighted by atomic mass is 10.1. The van der Waals surface area contributed by atoms with Crippen LogP contribution in [-0.4, -0.2) is 62.2 Å². The first-order chi connectivity index (χ1) is 12.7. The molecule has 0 radical (unpaired) electrons. The summed E-state index contributed by atoms with van der Waals surface area (Å²) in [6.45, 7) is 8.24. The highest BCUT2D eigenvalue weighted by molar-refractivity contribution is 5.85. The summed E-state index contributed by atoms with van der Waals surface area (Å²) in [4.78, 5) is 18.8. The predicted molar refractivity (Wildman–Crippen MR) is 105 cm³/mol. The van der Waals surface area contributed by atoms with Crippen LogP contribution in [0.25, 0.3) is 0 Å². The molecule has 1 saturated heterocycles. The normalized spacial score (nSPS) is 15.8. The van der Waals surface area contributed by atoms with Crippen molar-refractivity contribution in [2.45, 2.75) is 39.2 Å². The van der Waals surface area contributed by atoms with E-state index in [0.717, 1.165) is 51.5 Å². The molecule has 1 fully saturated rings. The van der Waals surface area contributed by atoms with Gasteiger partial charge in [-0.15, -0.1) is 0 Å². The van der Waals surface area contributed by atoms with Gasteiger partial charge in [-0.3, -0.25) is 4.79 Å². The topological polar surface area (TPSA) is 66.0 Å².